The fourth-order valence-corrected chi connectivity index (χ4v) is 1.68. The van der Waals surface area contributed by atoms with Crippen molar-refractivity contribution in [2.45, 2.75) is 32.7 Å². The highest BCUT2D eigenvalue weighted by Crippen LogP contribution is 2.23. The van der Waals surface area contributed by atoms with E-state index in [-0.39, 0.29) is 0 Å². The van der Waals surface area contributed by atoms with Gasteiger partial charge in [0.2, 0.25) is 0 Å². The maximum atomic E-state index is 4.11. The van der Waals surface area contributed by atoms with Crippen LogP contribution in [-0.2, 0) is 0 Å². The second-order valence-electron chi connectivity index (χ2n) is 3.88. The molecule has 1 rings (SSSR count). The monoisotopic (exact) mass is 204 g/mol. The van der Waals surface area contributed by atoms with Crippen LogP contribution in [0.4, 0.5) is 0 Å². The lowest BCUT2D eigenvalue weighted by molar-refractivity contribution is 0.579. The van der Waals surface area contributed by atoms with E-state index in [1.165, 1.54) is 16.7 Å². The average Bonchev–Trinajstić information content (AvgIpc) is 2.26. The Balaban J connectivity index is 2.83. The lowest BCUT2D eigenvalue weighted by atomic mass is 9.96. The molecule has 1 heterocycles. The Bertz CT molecular complexity index is 331. The van der Waals surface area contributed by atoms with Gasteiger partial charge in [-0.2, -0.15) is 0 Å². The molecule has 2 heteroatoms. The molecule has 0 radical (unpaired) electrons. The molecule has 0 spiro atoms. The fraction of sp³-hybridized carbons (Fsp3) is 0.462. The molecule has 0 saturated heterocycles. The SMILES string of the molecule is C=C(CC)CC(NC)c1ccncc1C. The topological polar surface area (TPSA) is 24.9 Å². The van der Waals surface area contributed by atoms with Crippen LogP contribution in [0, 0.1) is 6.92 Å². The Morgan fingerprint density at radius 3 is 2.87 bits per heavy atom. The van der Waals surface area contributed by atoms with Crippen molar-refractivity contribution in [3.05, 3.63) is 41.7 Å². The van der Waals surface area contributed by atoms with Gasteiger partial charge in [0.05, 0.1) is 0 Å². The predicted molar refractivity (Wildman–Crippen MR) is 64.8 cm³/mol. The quantitative estimate of drug-likeness (QED) is 0.746. The summed E-state index contributed by atoms with van der Waals surface area (Å²) in [6.45, 7) is 8.31. The van der Waals surface area contributed by atoms with E-state index >= 15 is 0 Å². The summed E-state index contributed by atoms with van der Waals surface area (Å²) in [5, 5.41) is 3.34. The van der Waals surface area contributed by atoms with Crippen molar-refractivity contribution in [1.82, 2.24) is 10.3 Å². The number of nitrogens with one attached hydrogen (secondary N) is 1. The van der Waals surface area contributed by atoms with Gasteiger partial charge in [-0.05, 0) is 44.0 Å². The molecule has 2 nitrogen and oxygen atoms in total. The van der Waals surface area contributed by atoms with Gasteiger partial charge in [0, 0.05) is 18.4 Å². The van der Waals surface area contributed by atoms with E-state index in [2.05, 4.69) is 36.8 Å². The molecule has 0 amide bonds. The molecule has 82 valence electrons. The lowest BCUT2D eigenvalue weighted by Gasteiger charge is -2.19. The van der Waals surface area contributed by atoms with Crippen LogP contribution in [0.2, 0.25) is 0 Å². The molecule has 0 aliphatic heterocycles. The summed E-state index contributed by atoms with van der Waals surface area (Å²) in [6.07, 6.45) is 5.80. The Morgan fingerprint density at radius 2 is 2.33 bits per heavy atom. The van der Waals surface area contributed by atoms with Crippen LogP contribution < -0.4 is 5.32 Å². The van der Waals surface area contributed by atoms with Gasteiger partial charge in [0.25, 0.3) is 0 Å². The Kier molecular flexibility index (Phi) is 4.50. The minimum absolute atomic E-state index is 0.362. The third-order valence-electron chi connectivity index (χ3n) is 2.78. The number of nitrogens with zero attached hydrogens (tertiary/aromatic N) is 1. The van der Waals surface area contributed by atoms with E-state index in [0.29, 0.717) is 6.04 Å². The van der Waals surface area contributed by atoms with Gasteiger partial charge in [0.15, 0.2) is 0 Å². The molecule has 1 atom stereocenters. The summed E-state index contributed by atoms with van der Waals surface area (Å²) in [5.74, 6) is 0. The first-order valence-corrected chi connectivity index (χ1v) is 5.43. The van der Waals surface area contributed by atoms with Gasteiger partial charge in [-0.25, -0.2) is 0 Å². The van der Waals surface area contributed by atoms with Gasteiger partial charge in [-0.1, -0.05) is 19.1 Å². The van der Waals surface area contributed by atoms with Crippen LogP contribution in [0.3, 0.4) is 0 Å². The van der Waals surface area contributed by atoms with Crippen LogP contribution in [0.15, 0.2) is 30.6 Å². The number of aryl methyl sites for hydroxylation is 1. The van der Waals surface area contributed by atoms with Crippen molar-refractivity contribution < 1.29 is 0 Å². The van der Waals surface area contributed by atoms with E-state index in [1.807, 2.05) is 19.4 Å². The Morgan fingerprint density at radius 1 is 1.60 bits per heavy atom. The van der Waals surface area contributed by atoms with Gasteiger partial charge >= 0.3 is 0 Å². The van der Waals surface area contributed by atoms with Crippen molar-refractivity contribution in [1.29, 1.82) is 0 Å². The van der Waals surface area contributed by atoms with E-state index < -0.39 is 0 Å². The zero-order valence-corrected chi connectivity index (χ0v) is 9.88. The first kappa shape index (κ1) is 11.9. The van der Waals surface area contributed by atoms with Crippen LogP contribution >= 0.6 is 0 Å². The average molecular weight is 204 g/mol. The Labute approximate surface area is 92.4 Å². The highest BCUT2D eigenvalue weighted by molar-refractivity contribution is 5.26. The van der Waals surface area contributed by atoms with Gasteiger partial charge in [0.1, 0.15) is 0 Å². The van der Waals surface area contributed by atoms with Crippen molar-refractivity contribution in [3.8, 4) is 0 Å². The maximum absolute atomic E-state index is 4.11. The molecule has 0 fully saturated rings. The summed E-state index contributed by atoms with van der Waals surface area (Å²) < 4.78 is 0. The molecular weight excluding hydrogens is 184 g/mol. The number of hydrogen-bond donors (Lipinski definition) is 1. The van der Waals surface area contributed by atoms with Crippen molar-refractivity contribution in [2.24, 2.45) is 0 Å². The zero-order valence-electron chi connectivity index (χ0n) is 9.88. The molecular formula is C13H20N2. The van der Waals surface area contributed by atoms with Gasteiger partial charge in [-0.3, -0.25) is 4.98 Å². The largest absolute Gasteiger partial charge is 0.313 e. The van der Waals surface area contributed by atoms with Crippen LogP contribution in [0.5, 0.6) is 0 Å². The van der Waals surface area contributed by atoms with Crippen LogP contribution in [0.1, 0.15) is 36.9 Å². The molecule has 1 N–H and O–H groups in total. The molecule has 0 aromatic carbocycles. The predicted octanol–water partition coefficient (Wildman–Crippen LogP) is 3.01. The zero-order chi connectivity index (χ0) is 11.3. The number of hydrogen-bond acceptors (Lipinski definition) is 2. The summed E-state index contributed by atoms with van der Waals surface area (Å²) in [6, 6.07) is 2.44. The minimum Gasteiger partial charge on any atom is -0.313 e. The number of aromatic nitrogens is 1. The van der Waals surface area contributed by atoms with Gasteiger partial charge in [-0.15, -0.1) is 0 Å². The molecule has 1 unspecified atom stereocenters. The normalized spacial score (nSPS) is 12.5. The number of pyridine rings is 1. The standard InChI is InChI=1S/C13H20N2/c1-5-10(2)8-13(14-4)12-6-7-15-9-11(12)3/h6-7,9,13-14H,2,5,8H2,1,3-4H3. The first-order chi connectivity index (χ1) is 7.19. The maximum Gasteiger partial charge on any atom is 0.0358 e. The number of rotatable bonds is 5. The van der Waals surface area contributed by atoms with Crippen LogP contribution in [-0.4, -0.2) is 12.0 Å². The molecule has 15 heavy (non-hydrogen) atoms. The van der Waals surface area contributed by atoms with Crippen molar-refractivity contribution >= 4 is 0 Å². The molecule has 1 aromatic heterocycles. The molecule has 0 aliphatic rings. The third-order valence-corrected chi connectivity index (χ3v) is 2.78. The van der Waals surface area contributed by atoms with Crippen molar-refractivity contribution in [2.75, 3.05) is 7.05 Å². The fourth-order valence-electron chi connectivity index (χ4n) is 1.68. The summed E-state index contributed by atoms with van der Waals surface area (Å²) in [7, 11) is 1.99. The third kappa shape index (κ3) is 3.17. The van der Waals surface area contributed by atoms with Gasteiger partial charge < -0.3 is 5.32 Å². The van der Waals surface area contributed by atoms with Crippen molar-refractivity contribution in [3.63, 3.8) is 0 Å². The van der Waals surface area contributed by atoms with E-state index in [0.717, 1.165) is 12.8 Å². The van der Waals surface area contributed by atoms with Crippen LogP contribution in [0.25, 0.3) is 0 Å². The first-order valence-electron chi connectivity index (χ1n) is 5.43. The van der Waals surface area contributed by atoms with E-state index in [4.69, 9.17) is 0 Å². The highest BCUT2D eigenvalue weighted by atomic mass is 14.9. The summed E-state index contributed by atoms with van der Waals surface area (Å²) in [5.41, 5.74) is 3.84. The summed E-state index contributed by atoms with van der Waals surface area (Å²) >= 11 is 0. The second-order valence-corrected chi connectivity index (χ2v) is 3.88. The molecule has 1 aromatic rings. The highest BCUT2D eigenvalue weighted by Gasteiger charge is 2.11. The smallest absolute Gasteiger partial charge is 0.0358 e. The summed E-state index contributed by atoms with van der Waals surface area (Å²) in [4.78, 5) is 4.11. The van der Waals surface area contributed by atoms with E-state index in [1.54, 1.807) is 0 Å². The molecule has 0 bridgehead atoms. The minimum atomic E-state index is 0.362. The Hall–Kier alpha value is -1.15. The van der Waals surface area contributed by atoms with E-state index in [9.17, 15) is 0 Å². The lowest BCUT2D eigenvalue weighted by Crippen LogP contribution is -2.18. The molecule has 0 aliphatic carbocycles. The molecule has 0 saturated carbocycles. The second kappa shape index (κ2) is 5.66.